The van der Waals surface area contributed by atoms with E-state index in [9.17, 15) is 14.7 Å². The van der Waals surface area contributed by atoms with Gasteiger partial charge in [0.2, 0.25) is 0 Å². The number of nitrogens with zero attached hydrogens (tertiary/aromatic N) is 2. The minimum Gasteiger partial charge on any atom is -0.504 e. The predicted molar refractivity (Wildman–Crippen MR) is 155 cm³/mol. The van der Waals surface area contributed by atoms with Gasteiger partial charge < -0.3 is 19.3 Å². The first kappa shape index (κ1) is 27.2. The molecule has 5 rings (SSSR count). The second-order valence-corrected chi connectivity index (χ2v) is 10.3. The second-order valence-electron chi connectivity index (χ2n) is 9.25. The fourth-order valence-electron chi connectivity index (χ4n) is 5.08. The maximum Gasteiger partial charge on any atom is 0.338 e. The molecule has 2 heterocycles. The van der Waals surface area contributed by atoms with Gasteiger partial charge in [-0.2, -0.15) is 0 Å². The fourth-order valence-corrected chi connectivity index (χ4v) is 6.10. The molecule has 0 aliphatic carbocycles. The topological polar surface area (TPSA) is 99.4 Å². The van der Waals surface area contributed by atoms with E-state index in [-0.39, 0.29) is 17.9 Å². The normalized spacial score (nSPS) is 15.1. The summed E-state index contributed by atoms with van der Waals surface area (Å²) in [7, 11) is 3.05. The van der Waals surface area contributed by atoms with Gasteiger partial charge in [-0.3, -0.25) is 9.36 Å². The molecule has 0 spiro atoms. The molecule has 0 fully saturated rings. The molecule has 3 aromatic carbocycles. The molecule has 0 amide bonds. The SMILES string of the molecule is CCCC1=C(C(=O)OCC)C(c2c(OC)ccc3ccccc23)n2c(sc(=Cc3ccc(OC)c(O)c3)c2=O)=N1. The number of hydrogen-bond acceptors (Lipinski definition) is 8. The Balaban J connectivity index is 1.85. The van der Waals surface area contributed by atoms with Crippen molar-refractivity contribution in [1.82, 2.24) is 4.57 Å². The lowest BCUT2D eigenvalue weighted by molar-refractivity contribution is -0.139. The molecule has 8 nitrogen and oxygen atoms in total. The average molecular weight is 559 g/mol. The van der Waals surface area contributed by atoms with Crippen LogP contribution in [0.2, 0.25) is 0 Å². The number of carbonyl (C=O) groups excluding carboxylic acids is 1. The molecule has 0 radical (unpaired) electrons. The standard InChI is InChI=1S/C31H30N2O6S/c1-5-9-21-27(30(36)39-6-2)28(26-20-11-8-7-10-19(20)13-15-24(26)38-4)33-29(35)25(40-31(33)32-21)17-18-12-14-23(37-3)22(34)16-18/h7-8,10-17,28,34H,5-6,9H2,1-4H3. The molecule has 4 aromatic rings. The number of hydrogen-bond donors (Lipinski definition) is 1. The minimum absolute atomic E-state index is 0.0303. The summed E-state index contributed by atoms with van der Waals surface area (Å²) in [5.41, 5.74) is 1.94. The van der Waals surface area contributed by atoms with Crippen LogP contribution in [0.25, 0.3) is 16.8 Å². The van der Waals surface area contributed by atoms with Gasteiger partial charge in [-0.1, -0.05) is 61.1 Å². The number of esters is 1. The molecule has 1 aliphatic rings. The van der Waals surface area contributed by atoms with Crippen LogP contribution >= 0.6 is 11.3 Å². The lowest BCUT2D eigenvalue weighted by Crippen LogP contribution is -2.40. The Kier molecular flexibility index (Phi) is 7.75. The van der Waals surface area contributed by atoms with Crippen LogP contribution in [0.4, 0.5) is 0 Å². The zero-order chi connectivity index (χ0) is 28.4. The maximum atomic E-state index is 14.1. The average Bonchev–Trinajstić information content (AvgIpc) is 3.26. The number of aromatic hydroxyl groups is 1. The lowest BCUT2D eigenvalue weighted by Gasteiger charge is -2.28. The highest BCUT2D eigenvalue weighted by molar-refractivity contribution is 7.07. The van der Waals surface area contributed by atoms with E-state index in [2.05, 4.69) is 0 Å². The number of allylic oxidation sites excluding steroid dienone is 1. The number of rotatable bonds is 8. The van der Waals surface area contributed by atoms with E-state index in [1.54, 1.807) is 36.8 Å². The summed E-state index contributed by atoms with van der Waals surface area (Å²) < 4.78 is 18.5. The number of phenols is 1. The number of fused-ring (bicyclic) bond motifs is 2. The number of methoxy groups -OCH3 is 2. The number of aromatic nitrogens is 1. The summed E-state index contributed by atoms with van der Waals surface area (Å²) in [6.45, 7) is 3.96. The van der Waals surface area contributed by atoms with Crippen molar-refractivity contribution in [3.8, 4) is 17.2 Å². The second kappa shape index (κ2) is 11.4. The van der Waals surface area contributed by atoms with Gasteiger partial charge in [0, 0.05) is 5.56 Å². The zero-order valence-corrected chi connectivity index (χ0v) is 23.6. The maximum absolute atomic E-state index is 14.1. The van der Waals surface area contributed by atoms with Crippen molar-refractivity contribution in [3.05, 3.63) is 96.7 Å². The predicted octanol–water partition coefficient (Wildman–Crippen LogP) is 4.45. The Hall–Kier alpha value is -4.37. The molecule has 1 N–H and O–H groups in total. The Bertz CT molecular complexity index is 1820. The van der Waals surface area contributed by atoms with E-state index in [1.807, 2.05) is 43.3 Å². The van der Waals surface area contributed by atoms with E-state index in [0.29, 0.717) is 49.7 Å². The highest BCUT2D eigenvalue weighted by Crippen LogP contribution is 2.41. The monoisotopic (exact) mass is 558 g/mol. The van der Waals surface area contributed by atoms with Gasteiger partial charge in [-0.25, -0.2) is 9.79 Å². The van der Waals surface area contributed by atoms with Gasteiger partial charge in [0.1, 0.15) is 11.8 Å². The number of carbonyl (C=O) groups is 1. The summed E-state index contributed by atoms with van der Waals surface area (Å²) in [6, 6.07) is 15.7. The minimum atomic E-state index is -0.815. The fraction of sp³-hybridized carbons (Fsp3) is 0.258. The Labute approximate surface area is 235 Å². The van der Waals surface area contributed by atoms with Gasteiger partial charge in [-0.05, 0) is 54.0 Å². The van der Waals surface area contributed by atoms with Gasteiger partial charge in [-0.15, -0.1) is 0 Å². The van der Waals surface area contributed by atoms with E-state index >= 15 is 0 Å². The Morgan fingerprint density at radius 3 is 2.52 bits per heavy atom. The van der Waals surface area contributed by atoms with Crippen molar-refractivity contribution >= 4 is 34.2 Å². The van der Waals surface area contributed by atoms with E-state index in [1.165, 1.54) is 24.5 Å². The highest BCUT2D eigenvalue weighted by Gasteiger charge is 2.37. The van der Waals surface area contributed by atoms with Crippen LogP contribution in [0.15, 0.2) is 75.7 Å². The van der Waals surface area contributed by atoms with Crippen LogP contribution in [-0.2, 0) is 9.53 Å². The molecule has 1 aliphatic heterocycles. The van der Waals surface area contributed by atoms with Crippen LogP contribution in [0.5, 0.6) is 17.2 Å². The van der Waals surface area contributed by atoms with Gasteiger partial charge >= 0.3 is 5.97 Å². The zero-order valence-electron chi connectivity index (χ0n) is 22.8. The molecule has 1 unspecified atom stereocenters. The Morgan fingerprint density at radius 1 is 1.07 bits per heavy atom. The number of phenolic OH excluding ortho intramolecular Hbond substituents is 1. The van der Waals surface area contributed by atoms with Gasteiger partial charge in [0.15, 0.2) is 16.3 Å². The van der Waals surface area contributed by atoms with E-state index in [0.717, 1.165) is 17.2 Å². The van der Waals surface area contributed by atoms with Crippen molar-refractivity contribution < 1.29 is 24.1 Å². The molecule has 9 heteroatoms. The molecular weight excluding hydrogens is 528 g/mol. The molecule has 206 valence electrons. The van der Waals surface area contributed by atoms with Crippen LogP contribution in [0.1, 0.15) is 43.9 Å². The van der Waals surface area contributed by atoms with Crippen molar-refractivity contribution in [2.75, 3.05) is 20.8 Å². The van der Waals surface area contributed by atoms with Crippen molar-refractivity contribution in [2.24, 2.45) is 4.99 Å². The smallest absolute Gasteiger partial charge is 0.338 e. The van der Waals surface area contributed by atoms with Crippen LogP contribution in [-0.4, -0.2) is 36.5 Å². The first-order valence-electron chi connectivity index (χ1n) is 13.1. The van der Waals surface area contributed by atoms with Crippen LogP contribution in [0.3, 0.4) is 0 Å². The molecule has 0 bridgehead atoms. The van der Waals surface area contributed by atoms with Crippen molar-refractivity contribution in [1.29, 1.82) is 0 Å². The number of ether oxygens (including phenoxy) is 3. The quantitative estimate of drug-likeness (QED) is 0.321. The molecule has 1 atom stereocenters. The Morgan fingerprint density at radius 2 is 1.82 bits per heavy atom. The van der Waals surface area contributed by atoms with E-state index in [4.69, 9.17) is 19.2 Å². The summed E-state index contributed by atoms with van der Waals surface area (Å²) >= 11 is 1.23. The van der Waals surface area contributed by atoms with Crippen molar-refractivity contribution in [3.63, 3.8) is 0 Å². The molecular formula is C31H30N2O6S. The largest absolute Gasteiger partial charge is 0.504 e. The third kappa shape index (κ3) is 4.77. The summed E-state index contributed by atoms with van der Waals surface area (Å²) in [4.78, 5) is 33.0. The summed E-state index contributed by atoms with van der Waals surface area (Å²) in [6.07, 6.45) is 2.99. The number of benzene rings is 3. The molecule has 0 saturated heterocycles. The molecule has 1 aromatic heterocycles. The van der Waals surface area contributed by atoms with Crippen LogP contribution in [0, 0.1) is 0 Å². The third-order valence-corrected chi connectivity index (χ3v) is 7.80. The molecule has 40 heavy (non-hydrogen) atoms. The highest BCUT2D eigenvalue weighted by atomic mass is 32.1. The van der Waals surface area contributed by atoms with E-state index < -0.39 is 12.0 Å². The summed E-state index contributed by atoms with van der Waals surface area (Å²) in [5.74, 6) is 0.351. The first-order valence-corrected chi connectivity index (χ1v) is 13.9. The van der Waals surface area contributed by atoms with Gasteiger partial charge in [0.05, 0.1) is 36.6 Å². The van der Waals surface area contributed by atoms with Gasteiger partial charge in [0.25, 0.3) is 5.56 Å². The van der Waals surface area contributed by atoms with Crippen LogP contribution < -0.4 is 24.4 Å². The number of thiazole rings is 1. The lowest BCUT2D eigenvalue weighted by atomic mass is 9.90. The summed E-state index contributed by atoms with van der Waals surface area (Å²) in [5, 5.41) is 12.1. The first-order chi connectivity index (χ1) is 19.4. The van der Waals surface area contributed by atoms with Crippen molar-refractivity contribution in [2.45, 2.75) is 32.7 Å². The molecule has 0 saturated carbocycles. The third-order valence-electron chi connectivity index (χ3n) is 6.82.